The Bertz CT molecular complexity index is 838. The van der Waals surface area contributed by atoms with Crippen LogP contribution in [-0.4, -0.2) is 9.54 Å². The fourth-order valence-electron chi connectivity index (χ4n) is 1.85. The smallest absolute Gasteiger partial charge is 0.416 e. The lowest BCUT2D eigenvalue weighted by Gasteiger charge is -2.05. The molecule has 0 saturated carbocycles. The molecule has 0 fully saturated rings. The first kappa shape index (κ1) is 15.2. The van der Waals surface area contributed by atoms with Crippen LogP contribution in [0.1, 0.15) is 5.56 Å². The van der Waals surface area contributed by atoms with Crippen LogP contribution < -0.4 is 0 Å². The average molecular weight is 346 g/mol. The van der Waals surface area contributed by atoms with Crippen molar-refractivity contribution in [3.8, 4) is 0 Å². The molecule has 1 aromatic heterocycles. The molecule has 3 nitrogen and oxygen atoms in total. The van der Waals surface area contributed by atoms with E-state index >= 15 is 0 Å². The molecule has 1 atom stereocenters. The molecule has 0 saturated heterocycles. The number of rotatable bonds is 3. The summed E-state index contributed by atoms with van der Waals surface area (Å²) in [5.74, 6) is -4.45. The second-order valence-electron chi connectivity index (χ2n) is 4.43. The Labute approximate surface area is 130 Å². The molecule has 0 aliphatic heterocycles. The van der Waals surface area contributed by atoms with Gasteiger partial charge in [-0.05, 0) is 12.1 Å². The first-order valence-electron chi connectivity index (χ1n) is 6.02. The standard InChI is InChI=1S/C14H7ClF3NO2S/c15-8-3-1-7(2-4-8)6-22(20)14-19-13-10(21-14)5-9(16)11(17)12(13)18/h1-5H,6H2. The molecule has 2 aromatic carbocycles. The fourth-order valence-corrected chi connectivity index (χ4v) is 2.97. The molecule has 0 bridgehead atoms. The Kier molecular flexibility index (Phi) is 4.03. The van der Waals surface area contributed by atoms with E-state index in [4.69, 9.17) is 16.0 Å². The van der Waals surface area contributed by atoms with E-state index in [-0.39, 0.29) is 16.6 Å². The number of benzene rings is 2. The van der Waals surface area contributed by atoms with E-state index in [0.717, 1.165) is 0 Å². The van der Waals surface area contributed by atoms with Crippen molar-refractivity contribution in [3.05, 3.63) is 58.4 Å². The molecule has 22 heavy (non-hydrogen) atoms. The van der Waals surface area contributed by atoms with Crippen LogP contribution in [0, 0.1) is 17.5 Å². The van der Waals surface area contributed by atoms with Crippen molar-refractivity contribution < 1.29 is 22.1 Å². The van der Waals surface area contributed by atoms with Gasteiger partial charge in [0, 0.05) is 16.7 Å². The van der Waals surface area contributed by atoms with Gasteiger partial charge in [-0.25, -0.2) is 13.2 Å². The largest absolute Gasteiger partial charge is 0.607 e. The van der Waals surface area contributed by atoms with Gasteiger partial charge in [0.05, 0.1) is 11.2 Å². The molecule has 3 aromatic rings. The van der Waals surface area contributed by atoms with Crippen molar-refractivity contribution in [1.29, 1.82) is 0 Å². The number of oxazole rings is 1. The van der Waals surface area contributed by atoms with Gasteiger partial charge in [0.2, 0.25) is 0 Å². The van der Waals surface area contributed by atoms with Gasteiger partial charge >= 0.3 is 5.22 Å². The molecule has 0 amide bonds. The molecular formula is C14H7ClF3NO2S. The SMILES string of the molecule is [O-][S+](Cc1ccc(Cl)cc1)c1nc2c(F)c(F)c(F)cc2o1. The number of fused-ring (bicyclic) bond motifs is 1. The molecule has 1 unspecified atom stereocenters. The number of hydrogen-bond acceptors (Lipinski definition) is 3. The van der Waals surface area contributed by atoms with Crippen LogP contribution in [0.4, 0.5) is 13.2 Å². The highest BCUT2D eigenvalue weighted by Crippen LogP contribution is 2.26. The molecule has 0 aliphatic carbocycles. The van der Waals surface area contributed by atoms with Gasteiger partial charge in [0.25, 0.3) is 0 Å². The first-order valence-corrected chi connectivity index (χ1v) is 7.72. The third-order valence-corrected chi connectivity index (χ3v) is 4.32. The van der Waals surface area contributed by atoms with E-state index in [0.29, 0.717) is 16.7 Å². The van der Waals surface area contributed by atoms with E-state index in [1.807, 2.05) is 0 Å². The summed E-state index contributed by atoms with van der Waals surface area (Å²) in [6, 6.07) is 7.27. The fraction of sp³-hybridized carbons (Fsp3) is 0.0714. The minimum Gasteiger partial charge on any atom is -0.607 e. The van der Waals surface area contributed by atoms with Crippen molar-refractivity contribution in [1.82, 2.24) is 4.98 Å². The molecule has 8 heteroatoms. The molecular weight excluding hydrogens is 339 g/mol. The van der Waals surface area contributed by atoms with Crippen molar-refractivity contribution >= 4 is 33.9 Å². The van der Waals surface area contributed by atoms with Crippen LogP contribution in [0.2, 0.25) is 5.02 Å². The van der Waals surface area contributed by atoms with Gasteiger partial charge in [0.15, 0.2) is 28.6 Å². The molecule has 1 heterocycles. The Balaban J connectivity index is 1.92. The Morgan fingerprint density at radius 2 is 1.82 bits per heavy atom. The third-order valence-electron chi connectivity index (χ3n) is 2.91. The zero-order chi connectivity index (χ0) is 15.9. The van der Waals surface area contributed by atoms with E-state index in [1.54, 1.807) is 24.3 Å². The molecule has 114 valence electrons. The maximum Gasteiger partial charge on any atom is 0.416 e. The topological polar surface area (TPSA) is 49.1 Å². The van der Waals surface area contributed by atoms with Gasteiger partial charge < -0.3 is 8.97 Å². The zero-order valence-electron chi connectivity index (χ0n) is 10.8. The molecule has 0 radical (unpaired) electrons. The minimum atomic E-state index is -1.73. The summed E-state index contributed by atoms with van der Waals surface area (Å²) in [7, 11) is 0. The Morgan fingerprint density at radius 1 is 1.14 bits per heavy atom. The Hall–Kier alpha value is -1.70. The summed E-state index contributed by atoms with van der Waals surface area (Å²) in [6.45, 7) is 0. The summed E-state index contributed by atoms with van der Waals surface area (Å²) < 4.78 is 57.0. The van der Waals surface area contributed by atoms with Gasteiger partial charge in [0.1, 0.15) is 5.75 Å². The van der Waals surface area contributed by atoms with E-state index < -0.39 is 34.1 Å². The summed E-state index contributed by atoms with van der Waals surface area (Å²) in [5, 5.41) is 0.235. The second-order valence-corrected chi connectivity index (χ2v) is 6.19. The highest BCUT2D eigenvalue weighted by Gasteiger charge is 2.25. The molecule has 0 aliphatic rings. The number of hydrogen-bond donors (Lipinski definition) is 0. The predicted octanol–water partition coefficient (Wildman–Crippen LogP) is 4.21. The van der Waals surface area contributed by atoms with Crippen LogP contribution in [0.15, 0.2) is 40.0 Å². The summed E-state index contributed by atoms with van der Waals surface area (Å²) in [5.41, 5.74) is -0.0861. The highest BCUT2D eigenvalue weighted by atomic mass is 35.5. The first-order chi connectivity index (χ1) is 10.5. The number of nitrogens with zero attached hydrogens (tertiary/aromatic N) is 1. The van der Waals surface area contributed by atoms with Crippen molar-refractivity contribution in [2.75, 3.05) is 0 Å². The van der Waals surface area contributed by atoms with Crippen molar-refractivity contribution in [2.24, 2.45) is 0 Å². The summed E-state index contributed by atoms with van der Waals surface area (Å²) >= 11 is 4.02. The monoisotopic (exact) mass is 345 g/mol. The van der Waals surface area contributed by atoms with Crippen LogP contribution in [0.5, 0.6) is 0 Å². The molecule has 3 rings (SSSR count). The van der Waals surface area contributed by atoms with Gasteiger partial charge in [-0.2, -0.15) is 4.98 Å². The molecule has 0 spiro atoms. The predicted molar refractivity (Wildman–Crippen MR) is 75.4 cm³/mol. The van der Waals surface area contributed by atoms with Gasteiger partial charge in [-0.3, -0.25) is 0 Å². The molecule has 0 N–H and O–H groups in total. The maximum absolute atomic E-state index is 13.6. The summed E-state index contributed by atoms with van der Waals surface area (Å²) in [6.07, 6.45) is 0. The minimum absolute atomic E-state index is 0.0522. The van der Waals surface area contributed by atoms with Gasteiger partial charge in [-0.1, -0.05) is 23.7 Å². The van der Waals surface area contributed by atoms with Gasteiger partial charge in [-0.15, -0.1) is 0 Å². The third kappa shape index (κ3) is 2.79. The van der Waals surface area contributed by atoms with Crippen molar-refractivity contribution in [2.45, 2.75) is 11.0 Å². The van der Waals surface area contributed by atoms with Crippen LogP contribution >= 0.6 is 11.6 Å². The normalized spacial score (nSPS) is 12.8. The second kappa shape index (κ2) is 5.83. The van der Waals surface area contributed by atoms with E-state index in [1.165, 1.54) is 0 Å². The van der Waals surface area contributed by atoms with Crippen molar-refractivity contribution in [3.63, 3.8) is 0 Å². The van der Waals surface area contributed by atoms with Crippen LogP contribution in [0.25, 0.3) is 11.1 Å². The van der Waals surface area contributed by atoms with Crippen LogP contribution in [-0.2, 0) is 16.9 Å². The van der Waals surface area contributed by atoms with E-state index in [9.17, 15) is 17.7 Å². The highest BCUT2D eigenvalue weighted by molar-refractivity contribution is 7.90. The maximum atomic E-state index is 13.6. The average Bonchev–Trinajstić information content (AvgIpc) is 2.91. The van der Waals surface area contributed by atoms with Crippen LogP contribution in [0.3, 0.4) is 0 Å². The quantitative estimate of drug-likeness (QED) is 0.528. The summed E-state index contributed by atoms with van der Waals surface area (Å²) in [4.78, 5) is 3.65. The lowest BCUT2D eigenvalue weighted by Crippen LogP contribution is -2.05. The number of aromatic nitrogens is 1. The van der Waals surface area contributed by atoms with E-state index in [2.05, 4.69) is 4.98 Å². The lowest BCUT2D eigenvalue weighted by atomic mass is 10.2. The zero-order valence-corrected chi connectivity index (χ0v) is 12.4. The lowest BCUT2D eigenvalue weighted by molar-refractivity contribution is 0.444. The Morgan fingerprint density at radius 3 is 2.50 bits per heavy atom. The number of halogens is 4.